The maximum Gasteiger partial charge on any atom is 0.179 e. The number of nitrogens with one attached hydrogen (secondary N) is 1. The molecule has 24 heavy (non-hydrogen) atoms. The van der Waals surface area contributed by atoms with Gasteiger partial charge in [-0.25, -0.2) is 4.98 Å². The summed E-state index contributed by atoms with van der Waals surface area (Å²) in [6.07, 6.45) is 7.32. The van der Waals surface area contributed by atoms with Crippen LogP contribution in [0.1, 0.15) is 44.3 Å². The number of fused-ring (bicyclic) bond motifs is 3. The molecule has 0 unspecified atom stereocenters. The Bertz CT molecular complexity index is 891. The van der Waals surface area contributed by atoms with Crippen molar-refractivity contribution in [2.75, 3.05) is 6.61 Å². The molecule has 4 rings (SSSR count). The topological polar surface area (TPSA) is 91.9 Å². The van der Waals surface area contributed by atoms with Gasteiger partial charge in [0.15, 0.2) is 11.3 Å². The molecule has 124 valence electrons. The summed E-state index contributed by atoms with van der Waals surface area (Å²) in [6.45, 7) is 2.73. The zero-order chi connectivity index (χ0) is 16.5. The van der Waals surface area contributed by atoms with Crippen LogP contribution in [0.5, 0.6) is 0 Å². The Morgan fingerprint density at radius 1 is 1.42 bits per heavy atom. The maximum absolute atomic E-state index is 8.68. The van der Waals surface area contributed by atoms with Gasteiger partial charge in [-0.3, -0.25) is 4.40 Å². The average molecular weight is 324 g/mol. The monoisotopic (exact) mass is 324 g/mol. The van der Waals surface area contributed by atoms with Gasteiger partial charge in [-0.1, -0.05) is 13.3 Å². The molecule has 7 heteroatoms. The zero-order valence-electron chi connectivity index (χ0n) is 13.6. The molecule has 3 aromatic heterocycles. The van der Waals surface area contributed by atoms with Gasteiger partial charge < -0.3 is 9.72 Å². The van der Waals surface area contributed by atoms with E-state index in [4.69, 9.17) is 10.00 Å². The van der Waals surface area contributed by atoms with Crippen LogP contribution >= 0.6 is 0 Å². The Morgan fingerprint density at radius 2 is 2.33 bits per heavy atom. The second-order valence-corrected chi connectivity index (χ2v) is 6.37. The molecule has 0 aromatic carbocycles. The summed E-state index contributed by atoms with van der Waals surface area (Å²) >= 11 is 0. The van der Waals surface area contributed by atoms with Gasteiger partial charge in [-0.2, -0.15) is 5.26 Å². The molecule has 0 amide bonds. The minimum atomic E-state index is 0.198. The van der Waals surface area contributed by atoms with E-state index >= 15 is 0 Å². The van der Waals surface area contributed by atoms with Crippen LogP contribution in [0.3, 0.4) is 0 Å². The summed E-state index contributed by atoms with van der Waals surface area (Å²) in [7, 11) is 0. The summed E-state index contributed by atoms with van der Waals surface area (Å²) in [5, 5.41) is 17.5. The second-order valence-electron chi connectivity index (χ2n) is 6.37. The molecular weight excluding hydrogens is 304 g/mol. The number of rotatable bonds is 5. The number of ether oxygens (including phenoxy) is 1. The first kappa shape index (κ1) is 15.1. The van der Waals surface area contributed by atoms with Gasteiger partial charge in [0.1, 0.15) is 5.82 Å². The standard InChI is InChI=1S/C17H20N6O/c1-2-11-8-12(24-7-3-5-18)9-13(11)17-22-21-15-10-20-16-14(23(15)17)4-6-19-16/h4,6,10-13,19H,2-3,7-9H2,1H3/t11-,12+,13+/m1/s1. The van der Waals surface area contributed by atoms with E-state index in [2.05, 4.69) is 37.6 Å². The van der Waals surface area contributed by atoms with Crippen LogP contribution in [0, 0.1) is 17.2 Å². The normalized spacial score (nSPS) is 23.9. The lowest BCUT2D eigenvalue weighted by molar-refractivity contribution is 0.0588. The predicted octanol–water partition coefficient (Wildman–Crippen LogP) is 2.81. The first-order chi connectivity index (χ1) is 11.8. The van der Waals surface area contributed by atoms with Crippen molar-refractivity contribution in [2.45, 2.75) is 44.6 Å². The molecule has 3 aromatic rings. The van der Waals surface area contributed by atoms with Crippen LogP contribution < -0.4 is 0 Å². The summed E-state index contributed by atoms with van der Waals surface area (Å²) in [5.74, 6) is 1.83. The lowest BCUT2D eigenvalue weighted by Crippen LogP contribution is -2.10. The molecule has 1 aliphatic rings. The number of aromatic amines is 1. The Labute approximate surface area is 139 Å². The SMILES string of the molecule is CC[C@@H]1C[C@H](OCCC#N)C[C@@H]1c1nnc2cnc3[nH]ccc3n12. The minimum Gasteiger partial charge on any atom is -0.377 e. The van der Waals surface area contributed by atoms with E-state index in [9.17, 15) is 0 Å². The Balaban J connectivity index is 1.68. The highest BCUT2D eigenvalue weighted by Gasteiger charge is 2.37. The van der Waals surface area contributed by atoms with Crippen LogP contribution in [0.15, 0.2) is 18.5 Å². The fourth-order valence-electron chi connectivity index (χ4n) is 3.89. The van der Waals surface area contributed by atoms with E-state index in [1.807, 2.05) is 12.3 Å². The third-order valence-corrected chi connectivity index (χ3v) is 5.04. The average Bonchev–Trinajstić information content (AvgIpc) is 3.31. The second kappa shape index (κ2) is 6.21. The third-order valence-electron chi connectivity index (χ3n) is 5.04. The van der Waals surface area contributed by atoms with Gasteiger partial charge in [-0.05, 0) is 24.8 Å². The third kappa shape index (κ3) is 2.43. The molecule has 1 aliphatic carbocycles. The van der Waals surface area contributed by atoms with Crippen molar-refractivity contribution in [3.8, 4) is 6.07 Å². The zero-order valence-corrected chi connectivity index (χ0v) is 13.6. The molecule has 1 fully saturated rings. The van der Waals surface area contributed by atoms with Gasteiger partial charge in [-0.15, -0.1) is 10.2 Å². The molecule has 0 saturated heterocycles. The highest BCUT2D eigenvalue weighted by Crippen LogP contribution is 2.42. The van der Waals surface area contributed by atoms with E-state index in [-0.39, 0.29) is 6.10 Å². The van der Waals surface area contributed by atoms with E-state index < -0.39 is 0 Å². The highest BCUT2D eigenvalue weighted by molar-refractivity contribution is 5.74. The minimum absolute atomic E-state index is 0.198. The molecular formula is C17H20N6O. The first-order valence-corrected chi connectivity index (χ1v) is 8.47. The van der Waals surface area contributed by atoms with Crippen molar-refractivity contribution in [3.63, 3.8) is 0 Å². The largest absolute Gasteiger partial charge is 0.377 e. The van der Waals surface area contributed by atoms with Crippen molar-refractivity contribution in [1.29, 1.82) is 5.26 Å². The van der Waals surface area contributed by atoms with Crippen LogP contribution in [-0.2, 0) is 4.74 Å². The summed E-state index contributed by atoms with van der Waals surface area (Å²) < 4.78 is 8.00. The van der Waals surface area contributed by atoms with Crippen molar-refractivity contribution >= 4 is 16.8 Å². The summed E-state index contributed by atoms with van der Waals surface area (Å²) in [6, 6.07) is 4.15. The van der Waals surface area contributed by atoms with Gasteiger partial charge in [0.05, 0.1) is 36.9 Å². The van der Waals surface area contributed by atoms with Gasteiger partial charge in [0.25, 0.3) is 0 Å². The van der Waals surface area contributed by atoms with Crippen LogP contribution in [0.4, 0.5) is 0 Å². The van der Waals surface area contributed by atoms with Gasteiger partial charge >= 0.3 is 0 Å². The van der Waals surface area contributed by atoms with E-state index in [0.29, 0.717) is 24.9 Å². The predicted molar refractivity (Wildman–Crippen MR) is 88.4 cm³/mol. The molecule has 0 radical (unpaired) electrons. The summed E-state index contributed by atoms with van der Waals surface area (Å²) in [5.41, 5.74) is 2.63. The number of nitrogens with zero attached hydrogens (tertiary/aromatic N) is 5. The fraction of sp³-hybridized carbons (Fsp3) is 0.529. The quantitative estimate of drug-likeness (QED) is 0.729. The highest BCUT2D eigenvalue weighted by atomic mass is 16.5. The Morgan fingerprint density at radius 3 is 3.17 bits per heavy atom. The molecule has 3 heterocycles. The number of H-pyrrole nitrogens is 1. The number of aromatic nitrogens is 5. The van der Waals surface area contributed by atoms with Gasteiger partial charge in [0.2, 0.25) is 0 Å². The van der Waals surface area contributed by atoms with Crippen LogP contribution in [-0.4, -0.2) is 37.3 Å². The van der Waals surface area contributed by atoms with Crippen LogP contribution in [0.2, 0.25) is 0 Å². The number of hydrogen-bond acceptors (Lipinski definition) is 5. The summed E-state index contributed by atoms with van der Waals surface area (Å²) in [4.78, 5) is 7.52. The number of nitriles is 1. The van der Waals surface area contributed by atoms with E-state index in [0.717, 1.165) is 41.9 Å². The smallest absolute Gasteiger partial charge is 0.179 e. The van der Waals surface area contributed by atoms with Crippen molar-refractivity contribution < 1.29 is 4.74 Å². The van der Waals surface area contributed by atoms with Crippen molar-refractivity contribution in [2.24, 2.45) is 5.92 Å². The molecule has 3 atom stereocenters. The maximum atomic E-state index is 8.68. The first-order valence-electron chi connectivity index (χ1n) is 8.47. The lowest BCUT2D eigenvalue weighted by atomic mass is 9.93. The molecule has 0 bridgehead atoms. The van der Waals surface area contributed by atoms with Crippen molar-refractivity contribution in [3.05, 3.63) is 24.3 Å². The van der Waals surface area contributed by atoms with E-state index in [1.165, 1.54) is 0 Å². The lowest BCUT2D eigenvalue weighted by Gasteiger charge is -2.15. The molecule has 0 spiro atoms. The van der Waals surface area contributed by atoms with Gasteiger partial charge in [0, 0.05) is 12.1 Å². The Hall–Kier alpha value is -2.46. The molecule has 1 saturated carbocycles. The molecule has 7 nitrogen and oxygen atoms in total. The molecule has 1 N–H and O–H groups in total. The van der Waals surface area contributed by atoms with Crippen molar-refractivity contribution in [1.82, 2.24) is 24.6 Å². The van der Waals surface area contributed by atoms with E-state index in [1.54, 1.807) is 6.20 Å². The molecule has 0 aliphatic heterocycles. The Kier molecular flexibility index (Phi) is 3.90. The number of hydrogen-bond donors (Lipinski definition) is 1. The van der Waals surface area contributed by atoms with Crippen LogP contribution in [0.25, 0.3) is 16.8 Å². The fourth-order valence-corrected chi connectivity index (χ4v) is 3.89.